The molecule has 1 amide bonds. The van der Waals surface area contributed by atoms with Crippen molar-refractivity contribution in [2.45, 2.75) is 26.0 Å². The van der Waals surface area contributed by atoms with Crippen LogP contribution in [0.15, 0.2) is 29.6 Å². The molecule has 1 aromatic carbocycles. The summed E-state index contributed by atoms with van der Waals surface area (Å²) in [7, 11) is 0. The lowest BCUT2D eigenvalue weighted by Gasteiger charge is -2.22. The summed E-state index contributed by atoms with van der Waals surface area (Å²) in [5.74, 6) is 0.428. The van der Waals surface area contributed by atoms with E-state index >= 15 is 0 Å². The standard InChI is InChI=1S/C17H17ClN2O3S2/c1-2-15-19-13(8-25-15)7-23-17(22)14-9-24-10-20(14)16(21)11-3-5-12(18)6-4-11/h3-6,8,14H,2,7,9-10H2,1H3/t14-/m0/s1. The number of hydrogen-bond donors (Lipinski definition) is 0. The molecule has 0 bridgehead atoms. The van der Waals surface area contributed by atoms with Crippen molar-refractivity contribution in [2.24, 2.45) is 0 Å². The predicted octanol–water partition coefficient (Wildman–Crippen LogP) is 3.62. The molecule has 1 saturated heterocycles. The minimum absolute atomic E-state index is 0.138. The van der Waals surface area contributed by atoms with Crippen molar-refractivity contribution in [1.29, 1.82) is 0 Å². The van der Waals surface area contributed by atoms with Gasteiger partial charge in [0.05, 0.1) is 16.6 Å². The zero-order valence-corrected chi connectivity index (χ0v) is 16.0. The van der Waals surface area contributed by atoms with Crippen molar-refractivity contribution < 1.29 is 14.3 Å². The first-order valence-electron chi connectivity index (χ1n) is 7.82. The number of carbonyl (C=O) groups excluding carboxylic acids is 2. The molecule has 0 unspecified atom stereocenters. The molecule has 25 heavy (non-hydrogen) atoms. The molecule has 0 saturated carbocycles. The number of esters is 1. The van der Waals surface area contributed by atoms with E-state index < -0.39 is 12.0 Å². The van der Waals surface area contributed by atoms with Gasteiger partial charge in [-0.2, -0.15) is 0 Å². The number of halogens is 1. The monoisotopic (exact) mass is 396 g/mol. The summed E-state index contributed by atoms with van der Waals surface area (Å²) in [5.41, 5.74) is 1.26. The molecule has 8 heteroatoms. The molecule has 0 aliphatic carbocycles. The van der Waals surface area contributed by atoms with Crippen LogP contribution in [0.1, 0.15) is 28.0 Å². The number of thiazole rings is 1. The van der Waals surface area contributed by atoms with Gasteiger partial charge in [-0.3, -0.25) is 4.79 Å². The summed E-state index contributed by atoms with van der Waals surface area (Å²) in [4.78, 5) is 31.0. The number of hydrogen-bond acceptors (Lipinski definition) is 6. The van der Waals surface area contributed by atoms with Crippen LogP contribution in [0.25, 0.3) is 0 Å². The van der Waals surface area contributed by atoms with Crippen LogP contribution < -0.4 is 0 Å². The van der Waals surface area contributed by atoms with Crippen LogP contribution in [0.5, 0.6) is 0 Å². The average molecular weight is 397 g/mol. The number of aromatic nitrogens is 1. The molecule has 2 aromatic rings. The number of thioether (sulfide) groups is 1. The van der Waals surface area contributed by atoms with E-state index in [4.69, 9.17) is 16.3 Å². The van der Waals surface area contributed by atoms with Crippen molar-refractivity contribution >= 4 is 46.6 Å². The van der Waals surface area contributed by atoms with E-state index in [0.29, 0.717) is 22.2 Å². The van der Waals surface area contributed by atoms with Crippen LogP contribution in [0.4, 0.5) is 0 Å². The molecule has 1 atom stereocenters. The van der Waals surface area contributed by atoms with Crippen LogP contribution in [0.3, 0.4) is 0 Å². The normalized spacial score (nSPS) is 16.9. The van der Waals surface area contributed by atoms with Crippen LogP contribution >= 0.6 is 34.7 Å². The van der Waals surface area contributed by atoms with Crippen molar-refractivity contribution in [1.82, 2.24) is 9.88 Å². The largest absolute Gasteiger partial charge is 0.458 e. The maximum atomic E-state index is 12.6. The first-order chi connectivity index (χ1) is 12.1. The summed E-state index contributed by atoms with van der Waals surface area (Å²) in [6, 6.07) is 6.09. The Balaban J connectivity index is 1.62. The quantitative estimate of drug-likeness (QED) is 0.722. The Morgan fingerprint density at radius 2 is 2.12 bits per heavy atom. The predicted molar refractivity (Wildman–Crippen MR) is 100 cm³/mol. The number of carbonyl (C=O) groups is 2. The zero-order valence-electron chi connectivity index (χ0n) is 13.6. The van der Waals surface area contributed by atoms with Gasteiger partial charge in [0.25, 0.3) is 5.91 Å². The Bertz CT molecular complexity index is 764. The van der Waals surface area contributed by atoms with Gasteiger partial charge >= 0.3 is 5.97 Å². The third-order valence-corrected chi connectivity index (χ3v) is 6.08. The first kappa shape index (κ1) is 18.2. The molecule has 1 fully saturated rings. The Morgan fingerprint density at radius 3 is 2.80 bits per heavy atom. The number of aryl methyl sites for hydroxylation is 1. The highest BCUT2D eigenvalue weighted by Crippen LogP contribution is 2.25. The van der Waals surface area contributed by atoms with Gasteiger partial charge < -0.3 is 9.64 Å². The first-order valence-corrected chi connectivity index (χ1v) is 10.2. The molecule has 5 nitrogen and oxygen atoms in total. The van der Waals surface area contributed by atoms with E-state index in [9.17, 15) is 9.59 Å². The second-order valence-corrected chi connectivity index (χ2v) is 7.87. The van der Waals surface area contributed by atoms with Gasteiger partial charge in [-0.15, -0.1) is 23.1 Å². The Labute approximate surface area is 159 Å². The molecule has 3 rings (SSSR count). The van der Waals surface area contributed by atoms with E-state index in [2.05, 4.69) is 4.98 Å². The SMILES string of the molecule is CCc1nc(COC(=O)[C@@H]2CSCN2C(=O)c2ccc(Cl)cc2)cs1. The van der Waals surface area contributed by atoms with Gasteiger partial charge in [-0.05, 0) is 30.7 Å². The van der Waals surface area contributed by atoms with Crippen LogP contribution in [-0.2, 0) is 22.6 Å². The number of nitrogens with zero attached hydrogens (tertiary/aromatic N) is 2. The fourth-order valence-corrected chi connectivity index (χ4v) is 4.41. The van der Waals surface area contributed by atoms with Crippen LogP contribution in [0, 0.1) is 0 Å². The minimum atomic E-state index is -0.572. The van der Waals surface area contributed by atoms with Gasteiger partial charge in [0, 0.05) is 21.7 Å². The molecule has 2 heterocycles. The van der Waals surface area contributed by atoms with Gasteiger partial charge in [0.1, 0.15) is 12.6 Å². The maximum Gasteiger partial charge on any atom is 0.330 e. The third kappa shape index (κ3) is 4.34. The Kier molecular flexibility index (Phi) is 5.98. The van der Waals surface area contributed by atoms with E-state index in [0.717, 1.165) is 17.1 Å². The molecule has 1 aliphatic heterocycles. The second-order valence-electron chi connectivity index (χ2n) is 5.49. The maximum absolute atomic E-state index is 12.6. The molecule has 0 N–H and O–H groups in total. The van der Waals surface area contributed by atoms with Crippen molar-refractivity contribution in [3.8, 4) is 0 Å². The summed E-state index contributed by atoms with van der Waals surface area (Å²) in [5, 5.41) is 3.48. The van der Waals surface area contributed by atoms with Gasteiger partial charge in [-0.1, -0.05) is 18.5 Å². The summed E-state index contributed by atoms with van der Waals surface area (Å²) in [6.07, 6.45) is 0.862. The molecular weight excluding hydrogens is 380 g/mol. The molecule has 0 radical (unpaired) electrons. The van der Waals surface area contributed by atoms with E-state index in [-0.39, 0.29) is 12.5 Å². The van der Waals surface area contributed by atoms with Gasteiger partial charge in [0.2, 0.25) is 0 Å². The summed E-state index contributed by atoms with van der Waals surface area (Å²) in [6.45, 7) is 2.17. The van der Waals surface area contributed by atoms with Crippen molar-refractivity contribution in [3.63, 3.8) is 0 Å². The number of amides is 1. The van der Waals surface area contributed by atoms with Crippen LogP contribution in [-0.4, -0.2) is 39.4 Å². The number of rotatable bonds is 5. The van der Waals surface area contributed by atoms with E-state index in [1.165, 1.54) is 11.8 Å². The molecule has 1 aliphatic rings. The summed E-state index contributed by atoms with van der Waals surface area (Å²) >= 11 is 8.95. The fraction of sp³-hybridized carbons (Fsp3) is 0.353. The van der Waals surface area contributed by atoms with Gasteiger partial charge in [-0.25, -0.2) is 9.78 Å². The Hall–Kier alpha value is -1.57. The highest BCUT2D eigenvalue weighted by molar-refractivity contribution is 7.99. The van der Waals surface area contributed by atoms with E-state index in [1.807, 2.05) is 12.3 Å². The summed E-state index contributed by atoms with van der Waals surface area (Å²) < 4.78 is 5.38. The highest BCUT2D eigenvalue weighted by atomic mass is 35.5. The second kappa shape index (κ2) is 8.21. The number of ether oxygens (including phenoxy) is 1. The number of benzene rings is 1. The average Bonchev–Trinajstić information content (AvgIpc) is 3.29. The molecule has 1 aromatic heterocycles. The smallest absolute Gasteiger partial charge is 0.330 e. The lowest BCUT2D eigenvalue weighted by Crippen LogP contribution is -2.42. The fourth-order valence-electron chi connectivity index (χ4n) is 2.42. The van der Waals surface area contributed by atoms with Crippen molar-refractivity contribution in [2.75, 3.05) is 11.6 Å². The lowest BCUT2D eigenvalue weighted by atomic mass is 10.2. The minimum Gasteiger partial charge on any atom is -0.458 e. The van der Waals surface area contributed by atoms with Crippen LogP contribution in [0.2, 0.25) is 5.02 Å². The zero-order chi connectivity index (χ0) is 17.8. The molecular formula is C17H17ClN2O3S2. The molecule has 132 valence electrons. The third-order valence-electron chi connectivity index (χ3n) is 3.77. The van der Waals surface area contributed by atoms with Crippen molar-refractivity contribution in [3.05, 3.63) is 50.9 Å². The Morgan fingerprint density at radius 1 is 1.36 bits per heavy atom. The topological polar surface area (TPSA) is 59.5 Å². The van der Waals surface area contributed by atoms with Gasteiger partial charge in [0.15, 0.2) is 0 Å². The lowest BCUT2D eigenvalue weighted by molar-refractivity contribution is -0.149. The highest BCUT2D eigenvalue weighted by Gasteiger charge is 2.36. The molecule has 0 spiro atoms. The van der Waals surface area contributed by atoms with E-state index in [1.54, 1.807) is 40.5 Å².